The first-order valence-corrected chi connectivity index (χ1v) is 11.3. The highest BCUT2D eigenvalue weighted by molar-refractivity contribution is 7.93. The van der Waals surface area contributed by atoms with E-state index in [1.165, 1.54) is 22.5 Å². The molecule has 0 aromatic carbocycles. The van der Waals surface area contributed by atoms with Crippen molar-refractivity contribution in [3.63, 3.8) is 0 Å². The van der Waals surface area contributed by atoms with Gasteiger partial charge in [-0.1, -0.05) is 37.0 Å². The van der Waals surface area contributed by atoms with Gasteiger partial charge in [0.25, 0.3) is 0 Å². The molecule has 1 saturated heterocycles. The zero-order chi connectivity index (χ0) is 23.1. The number of allylic oxidation sites excluding steroid dienone is 9. The Morgan fingerprint density at radius 2 is 1.77 bits per heavy atom. The molecule has 0 aromatic rings. The Labute approximate surface area is 181 Å². The van der Waals surface area contributed by atoms with E-state index in [-0.39, 0.29) is 35.4 Å². The maximum atomic E-state index is 13.1. The van der Waals surface area contributed by atoms with E-state index in [1.807, 2.05) is 12.2 Å². The van der Waals surface area contributed by atoms with Crippen molar-refractivity contribution in [2.75, 3.05) is 13.1 Å². The molecule has 0 aromatic heterocycles. The molecule has 9 heteroatoms. The third kappa shape index (κ3) is 6.80. The molecule has 170 valence electrons. The van der Waals surface area contributed by atoms with Gasteiger partial charge >= 0.3 is 6.18 Å². The van der Waals surface area contributed by atoms with Crippen LogP contribution in [0.25, 0.3) is 0 Å². The minimum absolute atomic E-state index is 0.00524. The number of sulfonamides is 1. The summed E-state index contributed by atoms with van der Waals surface area (Å²) in [4.78, 5) is 11.4. The normalized spacial score (nSPS) is 23.7. The molecule has 1 heterocycles. The van der Waals surface area contributed by atoms with Crippen molar-refractivity contribution in [2.45, 2.75) is 44.9 Å². The van der Waals surface area contributed by atoms with Crippen molar-refractivity contribution in [3.05, 3.63) is 70.9 Å². The number of hydrogen-bond acceptors (Lipinski definition) is 4. The molecule has 0 unspecified atom stereocenters. The van der Waals surface area contributed by atoms with Crippen LogP contribution < -0.4 is 0 Å². The number of carbonyl (C=O) groups excluding carboxylic acids is 1. The van der Waals surface area contributed by atoms with Crippen LogP contribution in [0.3, 0.4) is 0 Å². The maximum absolute atomic E-state index is 13.1. The average molecular weight is 458 g/mol. The predicted molar refractivity (Wildman–Crippen MR) is 113 cm³/mol. The van der Waals surface area contributed by atoms with Gasteiger partial charge in [-0.3, -0.25) is 4.79 Å². The summed E-state index contributed by atoms with van der Waals surface area (Å²) in [5.74, 6) is 0.186. The lowest BCUT2D eigenvalue weighted by Gasteiger charge is -2.32. The summed E-state index contributed by atoms with van der Waals surface area (Å²) < 4.78 is 71.0. The summed E-state index contributed by atoms with van der Waals surface area (Å²) in [6.45, 7) is 4.86. The second-order valence-corrected chi connectivity index (χ2v) is 9.04. The second kappa shape index (κ2) is 10.8. The standard InChI is InChI=1S/C22H26F3NO4S/c1-3-19(11-10-17(2)22(23,24)25)30-20-12-14-26(15-13-20)31(28,29)21-9-7-5-4-6-8-18(21)16-27/h3-5,8-11,16,20H,1,6-7,12-15H2,2H3/b5-4?,17-10+,18-8-,19-11+,21-9+. The van der Waals surface area contributed by atoms with Gasteiger partial charge in [0.1, 0.15) is 11.9 Å². The maximum Gasteiger partial charge on any atom is 0.412 e. The van der Waals surface area contributed by atoms with Crippen LogP contribution >= 0.6 is 0 Å². The largest absolute Gasteiger partial charge is 0.490 e. The van der Waals surface area contributed by atoms with Gasteiger partial charge in [0.2, 0.25) is 10.0 Å². The van der Waals surface area contributed by atoms with E-state index >= 15 is 0 Å². The van der Waals surface area contributed by atoms with Crippen molar-refractivity contribution in [1.82, 2.24) is 4.31 Å². The van der Waals surface area contributed by atoms with Gasteiger partial charge < -0.3 is 4.74 Å². The summed E-state index contributed by atoms with van der Waals surface area (Å²) in [6, 6.07) is 0. The number of rotatable bonds is 7. The Bertz CT molecular complexity index is 932. The lowest BCUT2D eigenvalue weighted by molar-refractivity contribution is -0.104. The SMILES string of the molecule is C=C/C(=C\C=C(/C)C(F)(F)F)OC1CCN(S(=O)(=O)C2=C/CC=CC/C=C\2C=O)CC1. The molecule has 0 N–H and O–H groups in total. The monoisotopic (exact) mass is 457 g/mol. The number of carbonyl (C=O) groups is 1. The van der Waals surface area contributed by atoms with E-state index in [0.717, 1.165) is 13.0 Å². The Kier molecular flexibility index (Phi) is 8.64. The minimum Gasteiger partial charge on any atom is -0.490 e. The van der Waals surface area contributed by atoms with E-state index in [2.05, 4.69) is 6.58 Å². The van der Waals surface area contributed by atoms with E-state index < -0.39 is 21.8 Å². The Balaban J connectivity index is 2.07. The topological polar surface area (TPSA) is 63.7 Å². The summed E-state index contributed by atoms with van der Waals surface area (Å²) in [6.07, 6.45) is 7.64. The molecule has 1 aliphatic heterocycles. The van der Waals surface area contributed by atoms with E-state index in [9.17, 15) is 26.4 Å². The van der Waals surface area contributed by atoms with Crippen LogP contribution in [-0.2, 0) is 19.6 Å². The highest BCUT2D eigenvalue weighted by Crippen LogP contribution is 2.28. The molecule has 5 nitrogen and oxygen atoms in total. The first-order chi connectivity index (χ1) is 14.6. The number of hydrogen-bond donors (Lipinski definition) is 0. The van der Waals surface area contributed by atoms with Crippen molar-refractivity contribution in [3.8, 4) is 0 Å². The molecule has 2 aliphatic rings. The van der Waals surface area contributed by atoms with Gasteiger partial charge in [-0.05, 0) is 44.8 Å². The van der Waals surface area contributed by atoms with E-state index in [0.29, 0.717) is 32.0 Å². The summed E-state index contributed by atoms with van der Waals surface area (Å²) in [5.41, 5.74) is -0.621. The van der Waals surface area contributed by atoms with Crippen LogP contribution in [0.5, 0.6) is 0 Å². The molecule has 2 rings (SSSR count). The van der Waals surface area contributed by atoms with Crippen LogP contribution in [-0.4, -0.2) is 44.4 Å². The fraction of sp³-hybridized carbons (Fsp3) is 0.409. The van der Waals surface area contributed by atoms with Crippen molar-refractivity contribution in [2.24, 2.45) is 0 Å². The zero-order valence-electron chi connectivity index (χ0n) is 17.3. The third-order valence-corrected chi connectivity index (χ3v) is 6.96. The molecule has 0 atom stereocenters. The summed E-state index contributed by atoms with van der Waals surface area (Å²) in [7, 11) is -3.85. The van der Waals surface area contributed by atoms with Gasteiger partial charge in [-0.2, -0.15) is 17.5 Å². The van der Waals surface area contributed by atoms with Crippen molar-refractivity contribution < 1.29 is 31.1 Å². The Morgan fingerprint density at radius 1 is 1.16 bits per heavy atom. The molecule has 0 saturated carbocycles. The highest BCUT2D eigenvalue weighted by Gasteiger charge is 2.33. The lowest BCUT2D eigenvalue weighted by Crippen LogP contribution is -2.41. The number of aldehydes is 1. The number of piperidine rings is 1. The Hall–Kier alpha value is -2.39. The van der Waals surface area contributed by atoms with Gasteiger partial charge in [0.15, 0.2) is 6.29 Å². The fourth-order valence-electron chi connectivity index (χ4n) is 3.12. The van der Waals surface area contributed by atoms with Gasteiger partial charge in [-0.25, -0.2) is 8.42 Å². The lowest BCUT2D eigenvalue weighted by atomic mass is 10.1. The predicted octanol–water partition coefficient (Wildman–Crippen LogP) is 4.73. The molecule has 0 amide bonds. The van der Waals surface area contributed by atoms with Crippen LogP contribution in [0.1, 0.15) is 32.6 Å². The first kappa shape index (κ1) is 24.9. The molecule has 31 heavy (non-hydrogen) atoms. The quantitative estimate of drug-likeness (QED) is 0.240. The summed E-state index contributed by atoms with van der Waals surface area (Å²) in [5, 5.41) is 0. The summed E-state index contributed by atoms with van der Waals surface area (Å²) >= 11 is 0. The molecule has 1 aliphatic carbocycles. The molecule has 0 radical (unpaired) electrons. The molecule has 1 fully saturated rings. The zero-order valence-corrected chi connectivity index (χ0v) is 18.1. The number of nitrogens with zero attached hydrogens (tertiary/aromatic N) is 1. The van der Waals surface area contributed by atoms with Gasteiger partial charge in [-0.15, -0.1) is 0 Å². The Morgan fingerprint density at radius 3 is 2.32 bits per heavy atom. The highest BCUT2D eigenvalue weighted by atomic mass is 32.2. The van der Waals surface area contributed by atoms with Crippen LogP contribution in [0.2, 0.25) is 0 Å². The first-order valence-electron chi connectivity index (χ1n) is 9.85. The molecule has 0 spiro atoms. The van der Waals surface area contributed by atoms with E-state index in [1.54, 1.807) is 6.08 Å². The van der Waals surface area contributed by atoms with Crippen molar-refractivity contribution >= 4 is 16.3 Å². The smallest absolute Gasteiger partial charge is 0.412 e. The van der Waals surface area contributed by atoms with Crippen LogP contribution in [0, 0.1) is 0 Å². The average Bonchev–Trinajstić information content (AvgIpc) is 2.70. The molecular weight excluding hydrogens is 431 g/mol. The fourth-order valence-corrected chi connectivity index (χ4v) is 4.83. The molecule has 0 bridgehead atoms. The number of halogens is 3. The number of alkyl halides is 3. The van der Waals surface area contributed by atoms with Crippen LogP contribution in [0.15, 0.2) is 70.9 Å². The van der Waals surface area contributed by atoms with Gasteiger partial charge in [0, 0.05) is 24.2 Å². The minimum atomic E-state index is -4.42. The second-order valence-electron chi connectivity index (χ2n) is 7.13. The van der Waals surface area contributed by atoms with Crippen LogP contribution in [0.4, 0.5) is 13.2 Å². The van der Waals surface area contributed by atoms with Gasteiger partial charge in [0.05, 0.1) is 4.91 Å². The molecular formula is C22H26F3NO4S. The van der Waals surface area contributed by atoms with E-state index in [4.69, 9.17) is 4.74 Å². The third-order valence-electron chi connectivity index (χ3n) is 4.96. The number of ether oxygens (including phenoxy) is 1. The van der Waals surface area contributed by atoms with Crippen molar-refractivity contribution in [1.29, 1.82) is 0 Å².